The average Bonchev–Trinajstić information content (AvgIpc) is 2.88. The second-order valence-electron chi connectivity index (χ2n) is 7.50. The molecule has 1 aliphatic rings. The minimum atomic E-state index is -0.786. The number of aliphatic hydroxyl groups excluding tert-OH is 1. The predicted molar refractivity (Wildman–Crippen MR) is 103 cm³/mol. The minimum absolute atomic E-state index is 0.171. The van der Waals surface area contributed by atoms with Gasteiger partial charge in [0.25, 0.3) is 5.91 Å². The monoisotopic (exact) mass is 384 g/mol. The molecule has 0 aromatic rings. The maximum Gasteiger partial charge on any atom is 0.324 e. The Kier molecular flexibility index (Phi) is 11.7. The van der Waals surface area contributed by atoms with Crippen LogP contribution in [0.2, 0.25) is 0 Å². The van der Waals surface area contributed by atoms with Crippen molar-refractivity contribution in [3.8, 4) is 0 Å². The first-order valence-corrected chi connectivity index (χ1v) is 10.5. The molecular weight excluding hydrogens is 348 g/mol. The molecule has 1 fully saturated rings. The number of carboxylic acids is 1. The van der Waals surface area contributed by atoms with E-state index in [1.165, 1.54) is 19.3 Å². The summed E-state index contributed by atoms with van der Waals surface area (Å²) >= 11 is 0. The molecule has 0 spiro atoms. The number of unbranched alkanes of at least 4 members (excludes halogenated alkanes) is 7. The molecule has 1 heterocycles. The Labute approximate surface area is 162 Å². The zero-order valence-electron chi connectivity index (χ0n) is 16.6. The first kappa shape index (κ1) is 23.4. The van der Waals surface area contributed by atoms with Gasteiger partial charge in [-0.15, -0.1) is 0 Å². The highest BCUT2D eigenvalue weighted by molar-refractivity contribution is 6.04. The van der Waals surface area contributed by atoms with Crippen molar-refractivity contribution in [3.05, 3.63) is 0 Å². The van der Waals surface area contributed by atoms with Gasteiger partial charge >= 0.3 is 12.0 Å². The van der Waals surface area contributed by atoms with E-state index in [2.05, 4.69) is 12.2 Å². The largest absolute Gasteiger partial charge is 0.481 e. The van der Waals surface area contributed by atoms with Crippen LogP contribution in [0.5, 0.6) is 0 Å². The number of carboxylic acid groups (broad SMARTS) is 1. The maximum absolute atomic E-state index is 12.0. The van der Waals surface area contributed by atoms with Gasteiger partial charge in [0, 0.05) is 13.0 Å². The first-order chi connectivity index (χ1) is 13.0. The number of nitrogens with one attached hydrogen (secondary N) is 1. The fourth-order valence-electron chi connectivity index (χ4n) is 3.47. The molecule has 1 aliphatic heterocycles. The van der Waals surface area contributed by atoms with Crippen molar-refractivity contribution >= 4 is 17.9 Å². The number of nitrogens with zero attached hydrogens (tertiary/aromatic N) is 1. The van der Waals surface area contributed by atoms with Crippen LogP contribution in [0.3, 0.4) is 0 Å². The van der Waals surface area contributed by atoms with E-state index in [1.54, 1.807) is 4.90 Å². The zero-order valence-corrected chi connectivity index (χ0v) is 16.6. The lowest BCUT2D eigenvalue weighted by atomic mass is 10.0. The molecule has 3 amide bonds. The number of hydrogen-bond acceptors (Lipinski definition) is 4. The lowest BCUT2D eigenvalue weighted by Crippen LogP contribution is -2.37. The van der Waals surface area contributed by atoms with E-state index in [4.69, 9.17) is 5.11 Å². The molecule has 1 rings (SSSR count). The van der Waals surface area contributed by atoms with Crippen molar-refractivity contribution in [1.29, 1.82) is 0 Å². The summed E-state index contributed by atoms with van der Waals surface area (Å²) in [6.45, 7) is 2.56. The van der Waals surface area contributed by atoms with E-state index < -0.39 is 18.1 Å². The van der Waals surface area contributed by atoms with Crippen molar-refractivity contribution in [2.24, 2.45) is 0 Å². The van der Waals surface area contributed by atoms with Crippen LogP contribution in [-0.4, -0.2) is 51.7 Å². The molecule has 0 aromatic heterocycles. The third kappa shape index (κ3) is 9.75. The summed E-state index contributed by atoms with van der Waals surface area (Å²) in [6, 6.07) is -0.834. The third-order valence-corrected chi connectivity index (χ3v) is 5.13. The summed E-state index contributed by atoms with van der Waals surface area (Å²) in [5, 5.41) is 21.1. The van der Waals surface area contributed by atoms with Crippen LogP contribution < -0.4 is 5.32 Å². The molecule has 0 aromatic carbocycles. The molecule has 156 valence electrons. The molecule has 7 heteroatoms. The Balaban J connectivity index is 2.26. The Hall–Kier alpha value is -1.63. The standard InChI is InChI=1S/C20H36N2O5/c1-2-3-4-5-8-11-16(23)14-15-22-17(19(26)21-20(22)27)12-9-6-7-10-13-18(24)25/h16-17,23H,2-15H2,1H3,(H,24,25)(H,21,26,27). The summed E-state index contributed by atoms with van der Waals surface area (Å²) < 4.78 is 0. The molecule has 0 saturated carbocycles. The maximum atomic E-state index is 12.0. The Morgan fingerprint density at radius 1 is 1.04 bits per heavy atom. The molecule has 1 saturated heterocycles. The molecule has 27 heavy (non-hydrogen) atoms. The molecule has 0 bridgehead atoms. The lowest BCUT2D eigenvalue weighted by molar-refractivity contribution is -0.137. The van der Waals surface area contributed by atoms with Gasteiger partial charge < -0.3 is 15.1 Å². The SMILES string of the molecule is CCCCCCCC(O)CCN1C(=O)NC(=O)C1CCCCCCC(=O)O. The van der Waals surface area contributed by atoms with E-state index in [0.717, 1.165) is 38.5 Å². The number of carbonyl (C=O) groups is 3. The van der Waals surface area contributed by atoms with Crippen LogP contribution in [0.4, 0.5) is 4.79 Å². The second-order valence-corrected chi connectivity index (χ2v) is 7.50. The number of aliphatic hydroxyl groups is 1. The van der Waals surface area contributed by atoms with Gasteiger partial charge in [-0.1, -0.05) is 58.3 Å². The molecule has 0 radical (unpaired) electrons. The van der Waals surface area contributed by atoms with Crippen molar-refractivity contribution in [3.63, 3.8) is 0 Å². The highest BCUT2D eigenvalue weighted by Crippen LogP contribution is 2.18. The normalized spacial score (nSPS) is 18.0. The Bertz CT molecular complexity index is 469. The smallest absolute Gasteiger partial charge is 0.324 e. The van der Waals surface area contributed by atoms with Gasteiger partial charge in [0.05, 0.1) is 6.10 Å². The third-order valence-electron chi connectivity index (χ3n) is 5.13. The summed E-state index contributed by atoms with van der Waals surface area (Å²) in [6.07, 6.45) is 10.3. The number of carbonyl (C=O) groups excluding carboxylic acids is 2. The fourth-order valence-corrected chi connectivity index (χ4v) is 3.47. The molecule has 7 nitrogen and oxygen atoms in total. The number of hydrogen-bond donors (Lipinski definition) is 3. The molecule has 0 aliphatic carbocycles. The number of aliphatic carboxylic acids is 1. The Morgan fingerprint density at radius 2 is 1.70 bits per heavy atom. The van der Waals surface area contributed by atoms with Crippen LogP contribution >= 0.6 is 0 Å². The number of imide groups is 1. The quantitative estimate of drug-likeness (QED) is 0.279. The van der Waals surface area contributed by atoms with Crippen molar-refractivity contribution in [1.82, 2.24) is 10.2 Å². The highest BCUT2D eigenvalue weighted by Gasteiger charge is 2.37. The van der Waals surface area contributed by atoms with Gasteiger partial charge in [0.2, 0.25) is 0 Å². The van der Waals surface area contributed by atoms with Crippen LogP contribution in [-0.2, 0) is 9.59 Å². The fraction of sp³-hybridized carbons (Fsp3) is 0.850. The number of amides is 3. The van der Waals surface area contributed by atoms with Gasteiger partial charge in [-0.05, 0) is 25.7 Å². The van der Waals surface area contributed by atoms with Crippen LogP contribution in [0.25, 0.3) is 0 Å². The van der Waals surface area contributed by atoms with E-state index in [1.807, 2.05) is 0 Å². The molecular formula is C20H36N2O5. The topological polar surface area (TPSA) is 107 Å². The highest BCUT2D eigenvalue weighted by atomic mass is 16.4. The van der Waals surface area contributed by atoms with Crippen molar-refractivity contribution < 1.29 is 24.6 Å². The van der Waals surface area contributed by atoms with E-state index in [9.17, 15) is 19.5 Å². The van der Waals surface area contributed by atoms with Crippen molar-refractivity contribution in [2.75, 3.05) is 6.54 Å². The minimum Gasteiger partial charge on any atom is -0.481 e. The average molecular weight is 385 g/mol. The van der Waals surface area contributed by atoms with Gasteiger partial charge in [-0.25, -0.2) is 4.79 Å². The van der Waals surface area contributed by atoms with Gasteiger partial charge in [0.15, 0.2) is 0 Å². The number of rotatable bonds is 16. The van der Waals surface area contributed by atoms with Crippen LogP contribution in [0, 0.1) is 0 Å². The van der Waals surface area contributed by atoms with Gasteiger partial charge in [-0.3, -0.25) is 14.9 Å². The summed E-state index contributed by atoms with van der Waals surface area (Å²) in [5.41, 5.74) is 0. The van der Waals surface area contributed by atoms with E-state index in [-0.39, 0.29) is 18.4 Å². The van der Waals surface area contributed by atoms with Crippen molar-refractivity contribution in [2.45, 2.75) is 103 Å². The lowest BCUT2D eigenvalue weighted by Gasteiger charge is -2.23. The Morgan fingerprint density at radius 3 is 2.41 bits per heavy atom. The molecule has 2 atom stereocenters. The van der Waals surface area contributed by atoms with E-state index in [0.29, 0.717) is 25.8 Å². The summed E-state index contributed by atoms with van der Waals surface area (Å²) in [7, 11) is 0. The second kappa shape index (κ2) is 13.5. The predicted octanol–water partition coefficient (Wildman–Crippen LogP) is 3.44. The summed E-state index contributed by atoms with van der Waals surface area (Å²) in [4.78, 5) is 36.0. The molecule has 3 N–H and O–H groups in total. The van der Waals surface area contributed by atoms with Crippen LogP contribution in [0.15, 0.2) is 0 Å². The first-order valence-electron chi connectivity index (χ1n) is 10.5. The summed E-state index contributed by atoms with van der Waals surface area (Å²) in [5.74, 6) is -1.05. The zero-order chi connectivity index (χ0) is 20.1. The molecule has 2 unspecified atom stereocenters. The van der Waals surface area contributed by atoms with Gasteiger partial charge in [-0.2, -0.15) is 0 Å². The van der Waals surface area contributed by atoms with Gasteiger partial charge in [0.1, 0.15) is 6.04 Å². The van der Waals surface area contributed by atoms with E-state index >= 15 is 0 Å². The van der Waals surface area contributed by atoms with Crippen LogP contribution in [0.1, 0.15) is 90.4 Å². The number of urea groups is 1.